The van der Waals surface area contributed by atoms with Crippen molar-refractivity contribution in [2.24, 2.45) is 0 Å². The van der Waals surface area contributed by atoms with E-state index in [9.17, 15) is 13.2 Å². The molecule has 1 amide bonds. The quantitative estimate of drug-likeness (QED) is 0.782. The number of hydrogen-bond donors (Lipinski definition) is 0. The van der Waals surface area contributed by atoms with E-state index in [1.54, 1.807) is 23.1 Å². The topological polar surface area (TPSA) is 57.7 Å². The van der Waals surface area contributed by atoms with E-state index in [0.717, 1.165) is 16.8 Å². The van der Waals surface area contributed by atoms with Gasteiger partial charge in [0.1, 0.15) is 0 Å². The maximum absolute atomic E-state index is 13.1. The van der Waals surface area contributed by atoms with E-state index in [1.165, 1.54) is 4.31 Å². The van der Waals surface area contributed by atoms with Gasteiger partial charge in [0, 0.05) is 31.7 Å². The fourth-order valence-corrected chi connectivity index (χ4v) is 4.78. The summed E-state index contributed by atoms with van der Waals surface area (Å²) in [5.41, 5.74) is 2.71. The van der Waals surface area contributed by atoms with Crippen LogP contribution >= 0.6 is 0 Å². The second-order valence-electron chi connectivity index (χ2n) is 6.36. The number of nitrogens with zero attached hydrogens (tertiary/aromatic N) is 2. The number of fused-ring (bicyclic) bond motifs is 1. The second-order valence-corrected chi connectivity index (χ2v) is 8.29. The Bertz CT molecular complexity index is 895. The van der Waals surface area contributed by atoms with Crippen LogP contribution in [0.25, 0.3) is 0 Å². The third kappa shape index (κ3) is 3.52. The van der Waals surface area contributed by atoms with Crippen molar-refractivity contribution in [2.75, 3.05) is 18.0 Å². The summed E-state index contributed by atoms with van der Waals surface area (Å²) in [6.07, 6.45) is 1.13. The molecule has 0 fully saturated rings. The molecule has 0 aliphatic carbocycles. The minimum Gasteiger partial charge on any atom is -0.312 e. The number of amides is 1. The minimum absolute atomic E-state index is 0.0682. The van der Waals surface area contributed by atoms with Crippen LogP contribution in [-0.2, 0) is 27.8 Å². The lowest BCUT2D eigenvalue weighted by molar-refractivity contribution is -0.118. The lowest BCUT2D eigenvalue weighted by Gasteiger charge is -2.21. The highest BCUT2D eigenvalue weighted by atomic mass is 32.2. The average molecular weight is 372 g/mol. The Balaban J connectivity index is 1.89. The van der Waals surface area contributed by atoms with Crippen LogP contribution in [0.4, 0.5) is 5.69 Å². The van der Waals surface area contributed by atoms with Crippen molar-refractivity contribution in [1.82, 2.24) is 4.31 Å². The van der Waals surface area contributed by atoms with E-state index in [1.807, 2.05) is 44.2 Å². The van der Waals surface area contributed by atoms with Gasteiger partial charge in [-0.1, -0.05) is 44.2 Å². The highest BCUT2D eigenvalue weighted by Crippen LogP contribution is 2.31. The van der Waals surface area contributed by atoms with Crippen LogP contribution in [0.15, 0.2) is 53.4 Å². The van der Waals surface area contributed by atoms with Crippen LogP contribution in [0.1, 0.15) is 31.4 Å². The lowest BCUT2D eigenvalue weighted by atomic mass is 10.2. The molecule has 3 rings (SSSR count). The number of anilines is 1. The molecule has 0 radical (unpaired) electrons. The van der Waals surface area contributed by atoms with Gasteiger partial charge < -0.3 is 4.90 Å². The Morgan fingerprint density at radius 1 is 1.12 bits per heavy atom. The largest absolute Gasteiger partial charge is 0.312 e. The van der Waals surface area contributed by atoms with Gasteiger partial charge in [-0.3, -0.25) is 4.79 Å². The molecule has 1 aliphatic rings. The lowest BCUT2D eigenvalue weighted by Crippen LogP contribution is -2.30. The fraction of sp³-hybridized carbons (Fsp3) is 0.350. The van der Waals surface area contributed by atoms with Crippen molar-refractivity contribution < 1.29 is 13.2 Å². The third-order valence-electron chi connectivity index (χ3n) is 4.74. The van der Waals surface area contributed by atoms with Crippen molar-refractivity contribution in [3.63, 3.8) is 0 Å². The molecule has 0 aromatic heterocycles. The van der Waals surface area contributed by atoms with Crippen molar-refractivity contribution in [3.8, 4) is 0 Å². The first-order valence-corrected chi connectivity index (χ1v) is 10.4. The maximum atomic E-state index is 13.1. The molecule has 2 aromatic rings. The highest BCUT2D eigenvalue weighted by Gasteiger charge is 2.28. The third-order valence-corrected chi connectivity index (χ3v) is 6.66. The number of sulfonamides is 1. The number of hydrogen-bond acceptors (Lipinski definition) is 3. The number of carbonyl (C=O) groups is 1. The van der Waals surface area contributed by atoms with Crippen molar-refractivity contribution >= 4 is 21.6 Å². The van der Waals surface area contributed by atoms with Crippen molar-refractivity contribution in [1.29, 1.82) is 0 Å². The normalized spacial score (nSPS) is 13.9. The zero-order valence-corrected chi connectivity index (χ0v) is 16.0. The first-order chi connectivity index (χ1) is 12.5. The molecule has 5 nitrogen and oxygen atoms in total. The van der Waals surface area contributed by atoms with E-state index in [0.29, 0.717) is 37.4 Å². The average Bonchev–Trinajstić information content (AvgIpc) is 3.09. The molecule has 26 heavy (non-hydrogen) atoms. The number of rotatable bonds is 6. The summed E-state index contributed by atoms with van der Waals surface area (Å²) in [6.45, 7) is 5.04. The zero-order valence-electron chi connectivity index (χ0n) is 15.2. The summed E-state index contributed by atoms with van der Waals surface area (Å²) in [6, 6.07) is 14.7. The fourth-order valence-electron chi connectivity index (χ4n) is 3.29. The van der Waals surface area contributed by atoms with Crippen molar-refractivity contribution in [2.45, 2.75) is 38.1 Å². The molecule has 138 valence electrons. The highest BCUT2D eigenvalue weighted by molar-refractivity contribution is 7.89. The van der Waals surface area contributed by atoms with Gasteiger partial charge in [0.15, 0.2) is 0 Å². The monoisotopic (exact) mass is 372 g/mol. The Kier molecular flexibility index (Phi) is 5.44. The van der Waals surface area contributed by atoms with Crippen molar-refractivity contribution in [3.05, 3.63) is 59.7 Å². The molecule has 1 heterocycles. The van der Waals surface area contributed by atoms with E-state index < -0.39 is 10.0 Å². The Morgan fingerprint density at radius 3 is 2.50 bits per heavy atom. The minimum atomic E-state index is -3.58. The van der Waals surface area contributed by atoms with Gasteiger partial charge >= 0.3 is 0 Å². The molecule has 0 atom stereocenters. The van der Waals surface area contributed by atoms with E-state index in [-0.39, 0.29) is 5.91 Å². The Hall–Kier alpha value is -2.18. The summed E-state index contributed by atoms with van der Waals surface area (Å²) in [7, 11) is -3.58. The molecule has 2 aromatic carbocycles. The molecule has 0 spiro atoms. The van der Waals surface area contributed by atoms with Gasteiger partial charge in [0.05, 0.1) is 4.90 Å². The summed E-state index contributed by atoms with van der Waals surface area (Å²) >= 11 is 0. The van der Waals surface area contributed by atoms with Gasteiger partial charge in [-0.2, -0.15) is 4.31 Å². The molecule has 0 unspecified atom stereocenters. The predicted octanol–water partition coefficient (Wildman–Crippen LogP) is 3.20. The van der Waals surface area contributed by atoms with Crippen LogP contribution in [-0.4, -0.2) is 31.7 Å². The SMILES string of the molecule is CCC(=O)N1CCc2cc(S(=O)(=O)N(CC)Cc3ccccc3)ccc21. The smallest absolute Gasteiger partial charge is 0.243 e. The molecule has 6 heteroatoms. The molecule has 0 bridgehead atoms. The Labute approximate surface area is 155 Å². The molecule has 1 aliphatic heterocycles. The molecular formula is C20H24N2O3S. The summed E-state index contributed by atoms with van der Waals surface area (Å²) in [4.78, 5) is 14.1. The Morgan fingerprint density at radius 2 is 1.85 bits per heavy atom. The second kappa shape index (κ2) is 7.60. The van der Waals surface area contributed by atoms with E-state index >= 15 is 0 Å². The first-order valence-electron chi connectivity index (χ1n) is 8.94. The van der Waals surface area contributed by atoms with E-state index in [4.69, 9.17) is 0 Å². The molecular weight excluding hydrogens is 348 g/mol. The van der Waals surface area contributed by atoms with Crippen LogP contribution in [0.2, 0.25) is 0 Å². The standard InChI is InChI=1S/C20H24N2O3S/c1-3-20(23)22-13-12-17-14-18(10-11-19(17)22)26(24,25)21(4-2)15-16-8-6-5-7-9-16/h5-11,14H,3-4,12-13,15H2,1-2H3. The maximum Gasteiger partial charge on any atom is 0.243 e. The zero-order chi connectivity index (χ0) is 18.7. The van der Waals surface area contributed by atoms with Crippen LogP contribution in [0.5, 0.6) is 0 Å². The number of carbonyl (C=O) groups excluding carboxylic acids is 1. The van der Waals surface area contributed by atoms with Crippen LogP contribution in [0, 0.1) is 0 Å². The van der Waals surface area contributed by atoms with E-state index in [2.05, 4.69) is 0 Å². The van der Waals surface area contributed by atoms with Crippen LogP contribution in [0.3, 0.4) is 0 Å². The van der Waals surface area contributed by atoms with Crippen LogP contribution < -0.4 is 4.90 Å². The number of benzene rings is 2. The van der Waals surface area contributed by atoms with Gasteiger partial charge in [0.2, 0.25) is 15.9 Å². The summed E-state index contributed by atoms with van der Waals surface area (Å²) in [5, 5.41) is 0. The summed E-state index contributed by atoms with van der Waals surface area (Å²) < 4.78 is 27.6. The predicted molar refractivity (Wildman–Crippen MR) is 103 cm³/mol. The molecule has 0 N–H and O–H groups in total. The van der Waals surface area contributed by atoms with Gasteiger partial charge in [-0.15, -0.1) is 0 Å². The summed E-state index contributed by atoms with van der Waals surface area (Å²) in [5.74, 6) is 0.0682. The first kappa shape index (κ1) is 18.6. The molecule has 0 saturated carbocycles. The van der Waals surface area contributed by atoms with Gasteiger partial charge in [-0.05, 0) is 35.7 Å². The molecule has 0 saturated heterocycles. The van der Waals surface area contributed by atoms with Gasteiger partial charge in [-0.25, -0.2) is 8.42 Å². The van der Waals surface area contributed by atoms with Gasteiger partial charge in [0.25, 0.3) is 0 Å².